The van der Waals surface area contributed by atoms with E-state index in [9.17, 15) is 4.79 Å². The number of pyridine rings is 1. The number of nitrogens with zero attached hydrogens (tertiary/aromatic N) is 3. The van der Waals surface area contributed by atoms with Gasteiger partial charge in [-0.25, -0.2) is 0 Å². The summed E-state index contributed by atoms with van der Waals surface area (Å²) in [7, 11) is 0. The van der Waals surface area contributed by atoms with Gasteiger partial charge in [0.2, 0.25) is 0 Å². The Bertz CT molecular complexity index is 624. The van der Waals surface area contributed by atoms with Gasteiger partial charge in [-0.1, -0.05) is 0 Å². The Morgan fingerprint density at radius 1 is 1.22 bits per heavy atom. The highest BCUT2D eigenvalue weighted by molar-refractivity contribution is 5.33. The van der Waals surface area contributed by atoms with Crippen molar-refractivity contribution >= 4 is 5.69 Å². The van der Waals surface area contributed by atoms with Crippen LogP contribution in [0.4, 0.5) is 5.69 Å². The Morgan fingerprint density at radius 3 is 2.56 bits per heavy atom. The predicted octanol–water partition coefficient (Wildman–Crippen LogP) is 1.25. The number of hydrogen-bond donors (Lipinski definition) is 1. The maximum absolute atomic E-state index is 11.6. The van der Waals surface area contributed by atoms with Crippen LogP contribution in [0, 0.1) is 20.8 Å². The molecular formula is C13H18N4O. The first kappa shape index (κ1) is 12.4. The van der Waals surface area contributed by atoms with Gasteiger partial charge in [0.25, 0.3) is 5.56 Å². The monoisotopic (exact) mass is 246 g/mol. The van der Waals surface area contributed by atoms with Crippen LogP contribution in [0.25, 0.3) is 0 Å². The zero-order valence-electron chi connectivity index (χ0n) is 11.0. The Hall–Kier alpha value is -2.04. The lowest BCUT2D eigenvalue weighted by Gasteiger charge is -2.08. The quantitative estimate of drug-likeness (QED) is 0.886. The average molecular weight is 246 g/mol. The minimum atomic E-state index is -0.0394. The van der Waals surface area contributed by atoms with E-state index >= 15 is 0 Å². The summed E-state index contributed by atoms with van der Waals surface area (Å²) < 4.78 is 3.54. The Morgan fingerprint density at radius 2 is 1.94 bits per heavy atom. The molecule has 5 heteroatoms. The summed E-state index contributed by atoms with van der Waals surface area (Å²) in [5.74, 6) is 0. The lowest BCUT2D eigenvalue weighted by Crippen LogP contribution is -2.22. The molecule has 2 rings (SSSR count). The number of anilines is 1. The molecule has 0 aromatic carbocycles. The third-order valence-corrected chi connectivity index (χ3v) is 3.30. The summed E-state index contributed by atoms with van der Waals surface area (Å²) in [6.45, 7) is 7.33. The van der Waals surface area contributed by atoms with Gasteiger partial charge in [-0.2, -0.15) is 5.10 Å². The van der Waals surface area contributed by atoms with Crippen molar-refractivity contribution in [2.75, 3.05) is 5.73 Å². The van der Waals surface area contributed by atoms with Crippen molar-refractivity contribution in [2.45, 2.75) is 33.9 Å². The van der Waals surface area contributed by atoms with Crippen LogP contribution in [0.2, 0.25) is 0 Å². The third kappa shape index (κ3) is 2.30. The van der Waals surface area contributed by atoms with Crippen LogP contribution >= 0.6 is 0 Å². The lowest BCUT2D eigenvalue weighted by molar-refractivity contribution is 0.512. The van der Waals surface area contributed by atoms with Crippen molar-refractivity contribution in [3.05, 3.63) is 45.6 Å². The minimum absolute atomic E-state index is 0.0394. The first-order valence-corrected chi connectivity index (χ1v) is 5.95. The number of nitrogen functional groups attached to an aromatic ring is 1. The number of aromatic nitrogens is 3. The minimum Gasteiger partial charge on any atom is -0.398 e. The van der Waals surface area contributed by atoms with Crippen molar-refractivity contribution in [1.82, 2.24) is 14.3 Å². The average Bonchev–Trinajstić information content (AvgIpc) is 2.58. The second-order valence-corrected chi connectivity index (χ2v) is 4.51. The highest BCUT2D eigenvalue weighted by atomic mass is 16.1. The van der Waals surface area contributed by atoms with Gasteiger partial charge in [0.1, 0.15) is 0 Å². The number of rotatable bonds is 3. The van der Waals surface area contributed by atoms with Crippen LogP contribution in [-0.2, 0) is 13.1 Å². The highest BCUT2D eigenvalue weighted by Crippen LogP contribution is 2.10. The molecule has 0 aliphatic carbocycles. The fourth-order valence-electron chi connectivity index (χ4n) is 1.93. The van der Waals surface area contributed by atoms with Gasteiger partial charge in [0, 0.05) is 30.2 Å². The first-order chi connectivity index (χ1) is 8.49. The Kier molecular flexibility index (Phi) is 3.23. The van der Waals surface area contributed by atoms with E-state index in [1.54, 1.807) is 16.8 Å². The van der Waals surface area contributed by atoms with Gasteiger partial charge in [-0.15, -0.1) is 0 Å². The van der Waals surface area contributed by atoms with Crippen molar-refractivity contribution in [3.63, 3.8) is 0 Å². The van der Waals surface area contributed by atoms with Gasteiger partial charge in [0.15, 0.2) is 0 Å². The molecule has 2 aromatic heterocycles. The molecule has 0 atom stereocenters. The second kappa shape index (κ2) is 4.68. The van der Waals surface area contributed by atoms with Gasteiger partial charge < -0.3 is 10.3 Å². The standard InChI is InChI=1S/C13H18N4O/c1-9-10(2)15-17(11(9)3)7-6-16-8-12(14)4-5-13(16)18/h4-5,8H,6-7,14H2,1-3H3. The molecule has 0 aliphatic rings. The zero-order chi connectivity index (χ0) is 13.3. The lowest BCUT2D eigenvalue weighted by atomic mass is 10.2. The zero-order valence-corrected chi connectivity index (χ0v) is 11.0. The Labute approximate surface area is 106 Å². The normalized spacial score (nSPS) is 10.8. The van der Waals surface area contributed by atoms with Crippen LogP contribution in [0.5, 0.6) is 0 Å². The SMILES string of the molecule is Cc1nn(CCn2cc(N)ccc2=O)c(C)c1C. The number of nitrogens with two attached hydrogens (primary N) is 1. The van der Waals surface area contributed by atoms with E-state index in [-0.39, 0.29) is 5.56 Å². The topological polar surface area (TPSA) is 65.8 Å². The molecule has 0 fully saturated rings. The van der Waals surface area contributed by atoms with E-state index in [0.717, 1.165) is 11.4 Å². The number of hydrogen-bond acceptors (Lipinski definition) is 3. The van der Waals surface area contributed by atoms with Crippen LogP contribution in [-0.4, -0.2) is 14.3 Å². The molecule has 2 aromatic rings. The number of aryl methyl sites for hydroxylation is 3. The molecule has 18 heavy (non-hydrogen) atoms. The smallest absolute Gasteiger partial charge is 0.250 e. The van der Waals surface area contributed by atoms with Gasteiger partial charge in [0.05, 0.1) is 12.2 Å². The molecule has 0 amide bonds. The molecule has 96 valence electrons. The van der Waals surface area contributed by atoms with Crippen LogP contribution in [0.15, 0.2) is 23.1 Å². The van der Waals surface area contributed by atoms with Gasteiger partial charge in [-0.3, -0.25) is 9.48 Å². The molecule has 0 aliphatic heterocycles. The second-order valence-electron chi connectivity index (χ2n) is 4.51. The molecular weight excluding hydrogens is 228 g/mol. The van der Waals surface area contributed by atoms with E-state index < -0.39 is 0 Å². The third-order valence-electron chi connectivity index (χ3n) is 3.30. The molecule has 5 nitrogen and oxygen atoms in total. The van der Waals surface area contributed by atoms with E-state index in [1.165, 1.54) is 11.6 Å². The van der Waals surface area contributed by atoms with Crippen molar-refractivity contribution in [2.24, 2.45) is 0 Å². The summed E-state index contributed by atoms with van der Waals surface area (Å²) in [4.78, 5) is 11.6. The van der Waals surface area contributed by atoms with E-state index in [0.29, 0.717) is 18.8 Å². The fraction of sp³-hybridized carbons (Fsp3) is 0.385. The summed E-state index contributed by atoms with van der Waals surface area (Å²) >= 11 is 0. The van der Waals surface area contributed by atoms with Gasteiger partial charge >= 0.3 is 0 Å². The molecule has 2 heterocycles. The maximum atomic E-state index is 11.6. The first-order valence-electron chi connectivity index (χ1n) is 5.95. The van der Waals surface area contributed by atoms with Crippen molar-refractivity contribution in [1.29, 1.82) is 0 Å². The largest absolute Gasteiger partial charge is 0.398 e. The van der Waals surface area contributed by atoms with Crippen molar-refractivity contribution in [3.8, 4) is 0 Å². The van der Waals surface area contributed by atoms with Crippen LogP contribution in [0.3, 0.4) is 0 Å². The van der Waals surface area contributed by atoms with Gasteiger partial charge in [-0.05, 0) is 32.4 Å². The van der Waals surface area contributed by atoms with E-state index in [2.05, 4.69) is 12.0 Å². The predicted molar refractivity (Wildman–Crippen MR) is 71.6 cm³/mol. The summed E-state index contributed by atoms with van der Waals surface area (Å²) in [6.07, 6.45) is 1.67. The summed E-state index contributed by atoms with van der Waals surface area (Å²) in [5, 5.41) is 4.45. The van der Waals surface area contributed by atoms with Crippen LogP contribution in [0.1, 0.15) is 17.0 Å². The molecule has 0 unspecified atom stereocenters. The molecule has 0 bridgehead atoms. The molecule has 2 N–H and O–H groups in total. The fourth-order valence-corrected chi connectivity index (χ4v) is 1.93. The summed E-state index contributed by atoms with van der Waals surface area (Å²) in [5.41, 5.74) is 9.61. The molecule has 0 radical (unpaired) electrons. The highest BCUT2D eigenvalue weighted by Gasteiger charge is 2.07. The Balaban J connectivity index is 2.19. The molecule has 0 spiro atoms. The molecule has 0 saturated carbocycles. The maximum Gasteiger partial charge on any atom is 0.250 e. The van der Waals surface area contributed by atoms with E-state index in [4.69, 9.17) is 5.73 Å². The summed E-state index contributed by atoms with van der Waals surface area (Å²) in [6, 6.07) is 3.11. The van der Waals surface area contributed by atoms with E-state index in [1.807, 2.05) is 18.5 Å². The van der Waals surface area contributed by atoms with Crippen molar-refractivity contribution < 1.29 is 0 Å². The molecule has 0 saturated heterocycles. The van der Waals surface area contributed by atoms with Crippen LogP contribution < -0.4 is 11.3 Å².